The van der Waals surface area contributed by atoms with Gasteiger partial charge in [-0.2, -0.15) is 0 Å². The highest BCUT2D eigenvalue weighted by atomic mass is 32.1. The van der Waals surface area contributed by atoms with Crippen LogP contribution in [0.25, 0.3) is 21.5 Å². The van der Waals surface area contributed by atoms with Crippen molar-refractivity contribution in [3.63, 3.8) is 0 Å². The number of aromatic nitrogens is 3. The molecule has 164 valence electrons. The highest BCUT2D eigenvalue weighted by Gasteiger charge is 2.18. The van der Waals surface area contributed by atoms with Crippen molar-refractivity contribution in [1.29, 1.82) is 0 Å². The third-order valence-corrected chi connectivity index (χ3v) is 5.79. The van der Waals surface area contributed by atoms with Gasteiger partial charge >= 0.3 is 5.97 Å². The number of benzene rings is 1. The Morgan fingerprint density at radius 3 is 2.84 bits per heavy atom. The fraction of sp³-hybridized carbons (Fsp3) is 0.182. The Balaban J connectivity index is 1.50. The Labute approximate surface area is 185 Å². The van der Waals surface area contributed by atoms with E-state index in [1.807, 2.05) is 0 Å². The number of rotatable bonds is 8. The molecule has 0 aliphatic carbocycles. The van der Waals surface area contributed by atoms with E-state index in [0.29, 0.717) is 29.5 Å². The summed E-state index contributed by atoms with van der Waals surface area (Å²) in [5, 5.41) is 12.6. The van der Waals surface area contributed by atoms with Gasteiger partial charge in [-0.15, -0.1) is 11.3 Å². The molecular formula is C22H18F2N4O3S. The summed E-state index contributed by atoms with van der Waals surface area (Å²) in [6.07, 6.45) is 2.99. The topological polar surface area (TPSA) is 97.2 Å². The molecule has 0 amide bonds. The van der Waals surface area contributed by atoms with Crippen molar-refractivity contribution >= 4 is 34.0 Å². The van der Waals surface area contributed by atoms with Crippen molar-refractivity contribution in [1.82, 2.24) is 15.0 Å². The van der Waals surface area contributed by atoms with Crippen molar-refractivity contribution in [2.24, 2.45) is 0 Å². The number of aromatic carboxylic acids is 1. The van der Waals surface area contributed by atoms with E-state index >= 15 is 0 Å². The first kappa shape index (κ1) is 21.6. The standard InChI is InChI=1S/C22H18F2N4O3S/c1-2-31-16-10-17(32-21(16)22(29)30)15-9-18(28-11-27-15)25-7-5-12-8-14(23)20-13(19(12)24)4-3-6-26-20/h3-4,6,8-11H,2,5,7H2,1H3,(H,29,30)(H,25,27,28). The number of thiophene rings is 1. The molecule has 4 rings (SSSR count). The number of hydrogen-bond donors (Lipinski definition) is 2. The lowest BCUT2D eigenvalue weighted by Gasteiger charge is -2.09. The van der Waals surface area contributed by atoms with E-state index in [4.69, 9.17) is 4.74 Å². The molecule has 4 aromatic rings. The summed E-state index contributed by atoms with van der Waals surface area (Å²) >= 11 is 1.05. The molecule has 0 spiro atoms. The lowest BCUT2D eigenvalue weighted by molar-refractivity contribution is 0.0698. The number of anilines is 1. The lowest BCUT2D eigenvalue weighted by atomic mass is 10.1. The monoisotopic (exact) mass is 456 g/mol. The summed E-state index contributed by atoms with van der Waals surface area (Å²) in [4.78, 5) is 24.4. The van der Waals surface area contributed by atoms with Crippen LogP contribution in [0.15, 0.2) is 42.9 Å². The first-order chi connectivity index (χ1) is 15.5. The van der Waals surface area contributed by atoms with Gasteiger partial charge in [0, 0.05) is 30.3 Å². The van der Waals surface area contributed by atoms with E-state index in [1.54, 1.807) is 25.1 Å². The van der Waals surface area contributed by atoms with Gasteiger partial charge in [0.1, 0.15) is 35.0 Å². The number of nitrogens with zero attached hydrogens (tertiary/aromatic N) is 3. The summed E-state index contributed by atoms with van der Waals surface area (Å²) in [7, 11) is 0. The molecule has 0 aliphatic rings. The van der Waals surface area contributed by atoms with Crippen molar-refractivity contribution < 1.29 is 23.4 Å². The lowest BCUT2D eigenvalue weighted by Crippen LogP contribution is -2.08. The normalized spacial score (nSPS) is 11.0. The molecule has 7 nitrogen and oxygen atoms in total. The van der Waals surface area contributed by atoms with Crippen LogP contribution in [0.5, 0.6) is 5.75 Å². The third kappa shape index (κ3) is 4.35. The molecule has 1 aromatic carbocycles. The molecule has 3 heterocycles. The molecule has 32 heavy (non-hydrogen) atoms. The zero-order valence-electron chi connectivity index (χ0n) is 16.9. The molecular weight excluding hydrogens is 438 g/mol. The van der Waals surface area contributed by atoms with Gasteiger partial charge in [0.2, 0.25) is 0 Å². The maximum absolute atomic E-state index is 14.7. The molecule has 0 aliphatic heterocycles. The predicted octanol–water partition coefficient (Wildman–Crippen LogP) is 4.78. The highest BCUT2D eigenvalue weighted by Crippen LogP contribution is 2.36. The number of fused-ring (bicyclic) bond motifs is 1. The first-order valence-corrected chi connectivity index (χ1v) is 10.6. The molecule has 0 saturated heterocycles. The van der Waals surface area contributed by atoms with Crippen LogP contribution in [0.4, 0.5) is 14.6 Å². The molecule has 0 radical (unpaired) electrons. The Bertz CT molecular complexity index is 1300. The zero-order valence-corrected chi connectivity index (χ0v) is 17.7. The molecule has 10 heteroatoms. The number of carbonyl (C=O) groups is 1. The van der Waals surface area contributed by atoms with Gasteiger partial charge < -0.3 is 15.2 Å². The number of hydrogen-bond acceptors (Lipinski definition) is 7. The molecule has 0 unspecified atom stereocenters. The number of ether oxygens (including phenoxy) is 1. The van der Waals surface area contributed by atoms with E-state index in [-0.39, 0.29) is 33.5 Å². The van der Waals surface area contributed by atoms with Gasteiger partial charge in [-0.1, -0.05) is 0 Å². The number of nitrogens with one attached hydrogen (secondary N) is 1. The van der Waals surface area contributed by atoms with Gasteiger partial charge in [-0.05, 0) is 37.1 Å². The average Bonchev–Trinajstić information content (AvgIpc) is 3.22. The average molecular weight is 456 g/mol. The molecule has 3 aromatic heterocycles. The second-order valence-electron chi connectivity index (χ2n) is 6.74. The molecule has 0 fully saturated rings. The van der Waals surface area contributed by atoms with Gasteiger partial charge in [0.25, 0.3) is 0 Å². The third-order valence-electron chi connectivity index (χ3n) is 4.67. The second-order valence-corrected chi connectivity index (χ2v) is 7.79. The Hall–Kier alpha value is -3.66. The van der Waals surface area contributed by atoms with E-state index in [0.717, 1.165) is 17.4 Å². The summed E-state index contributed by atoms with van der Waals surface area (Å²) in [5.74, 6) is -1.38. The molecule has 0 saturated carbocycles. The van der Waals surface area contributed by atoms with Gasteiger partial charge in [-0.3, -0.25) is 4.98 Å². The highest BCUT2D eigenvalue weighted by molar-refractivity contribution is 7.17. The summed E-state index contributed by atoms with van der Waals surface area (Å²) in [6.45, 7) is 2.42. The van der Waals surface area contributed by atoms with E-state index in [2.05, 4.69) is 20.3 Å². The first-order valence-electron chi connectivity index (χ1n) is 9.75. The maximum atomic E-state index is 14.7. The van der Waals surface area contributed by atoms with Crippen LogP contribution in [0, 0.1) is 11.6 Å². The number of carboxylic acids is 1. The largest absolute Gasteiger partial charge is 0.492 e. The Morgan fingerprint density at radius 1 is 1.22 bits per heavy atom. The van der Waals surface area contributed by atoms with Crippen molar-refractivity contribution in [3.05, 3.63) is 64.9 Å². The Morgan fingerprint density at radius 2 is 2.06 bits per heavy atom. The summed E-state index contributed by atoms with van der Waals surface area (Å²) in [5.41, 5.74) is 0.760. The number of halogens is 2. The van der Waals surface area contributed by atoms with Crippen molar-refractivity contribution in [3.8, 4) is 16.3 Å². The minimum absolute atomic E-state index is 0.00486. The van der Waals surface area contributed by atoms with Crippen molar-refractivity contribution in [2.45, 2.75) is 13.3 Å². The van der Waals surface area contributed by atoms with Crippen LogP contribution in [-0.2, 0) is 6.42 Å². The van der Waals surface area contributed by atoms with Gasteiger partial charge in [-0.25, -0.2) is 23.5 Å². The van der Waals surface area contributed by atoms with Crippen LogP contribution in [0.3, 0.4) is 0 Å². The fourth-order valence-corrected chi connectivity index (χ4v) is 4.15. The van der Waals surface area contributed by atoms with Crippen LogP contribution < -0.4 is 10.1 Å². The van der Waals surface area contributed by atoms with Crippen LogP contribution in [0.1, 0.15) is 22.2 Å². The smallest absolute Gasteiger partial charge is 0.349 e. The zero-order chi connectivity index (χ0) is 22.7. The van der Waals surface area contributed by atoms with Crippen LogP contribution >= 0.6 is 11.3 Å². The number of pyridine rings is 1. The summed E-state index contributed by atoms with van der Waals surface area (Å²) < 4.78 is 34.3. The molecule has 0 atom stereocenters. The fourth-order valence-electron chi connectivity index (χ4n) is 3.24. The SMILES string of the molecule is CCOc1cc(-c2cc(NCCc3cc(F)c4ncccc4c3F)ncn2)sc1C(=O)O. The predicted molar refractivity (Wildman–Crippen MR) is 117 cm³/mol. The Kier molecular flexibility index (Phi) is 6.22. The summed E-state index contributed by atoms with van der Waals surface area (Å²) in [6, 6.07) is 7.51. The van der Waals surface area contributed by atoms with Crippen molar-refractivity contribution in [2.75, 3.05) is 18.5 Å². The molecule has 2 N–H and O–H groups in total. The van der Waals surface area contributed by atoms with E-state index < -0.39 is 17.6 Å². The van der Waals surface area contributed by atoms with Gasteiger partial charge in [0.05, 0.1) is 17.2 Å². The van der Waals surface area contributed by atoms with Crippen LogP contribution in [-0.4, -0.2) is 39.2 Å². The van der Waals surface area contributed by atoms with E-state index in [1.165, 1.54) is 18.6 Å². The van der Waals surface area contributed by atoms with Crippen LogP contribution in [0.2, 0.25) is 0 Å². The maximum Gasteiger partial charge on any atom is 0.349 e. The minimum atomic E-state index is -1.07. The second kappa shape index (κ2) is 9.23. The van der Waals surface area contributed by atoms with Gasteiger partial charge in [0.15, 0.2) is 4.88 Å². The minimum Gasteiger partial charge on any atom is -0.492 e. The molecule has 0 bridgehead atoms. The number of carboxylic acid groups (broad SMARTS) is 1. The quantitative estimate of drug-likeness (QED) is 0.394. The van der Waals surface area contributed by atoms with E-state index in [9.17, 15) is 18.7 Å².